The van der Waals surface area contributed by atoms with Gasteiger partial charge in [-0.05, 0) is 32.4 Å². The van der Waals surface area contributed by atoms with Crippen molar-refractivity contribution in [3.05, 3.63) is 29.8 Å². The molecule has 1 aromatic carbocycles. The Kier molecular flexibility index (Phi) is 4.18. The summed E-state index contributed by atoms with van der Waals surface area (Å²) in [6, 6.07) is 7.39. The first-order chi connectivity index (χ1) is 11.8. The van der Waals surface area contributed by atoms with Gasteiger partial charge in [-0.2, -0.15) is 0 Å². The van der Waals surface area contributed by atoms with E-state index in [1.165, 1.54) is 4.90 Å². The van der Waals surface area contributed by atoms with Crippen LogP contribution in [0.5, 0.6) is 5.75 Å². The van der Waals surface area contributed by atoms with Gasteiger partial charge in [-0.15, -0.1) is 0 Å². The fraction of sp³-hybridized carbons (Fsp3) is 0.500. The molecule has 0 aromatic heterocycles. The van der Waals surface area contributed by atoms with E-state index in [2.05, 4.69) is 10.6 Å². The second-order valence-electron chi connectivity index (χ2n) is 7.15. The molecule has 1 aromatic rings. The first-order valence-corrected chi connectivity index (χ1v) is 8.35. The van der Waals surface area contributed by atoms with Crippen molar-refractivity contribution in [2.45, 2.75) is 20.8 Å². The van der Waals surface area contributed by atoms with Crippen molar-refractivity contribution in [1.82, 2.24) is 15.5 Å². The summed E-state index contributed by atoms with van der Waals surface area (Å²) in [5.74, 6) is 0.172. The molecule has 0 radical (unpaired) electrons. The smallest absolute Gasteiger partial charge is 0.317 e. The van der Waals surface area contributed by atoms with Crippen LogP contribution in [0, 0.1) is 17.8 Å². The number of nitrogens with one attached hydrogen (secondary N) is 2. The zero-order valence-corrected chi connectivity index (χ0v) is 14.7. The molecule has 7 heteroatoms. The number of ether oxygens (including phenoxy) is 1. The fourth-order valence-corrected chi connectivity index (χ4v) is 3.48. The summed E-state index contributed by atoms with van der Waals surface area (Å²) in [5, 5.41) is 5.17. The summed E-state index contributed by atoms with van der Waals surface area (Å²) in [4.78, 5) is 38.1. The molecule has 0 bridgehead atoms. The second-order valence-corrected chi connectivity index (χ2v) is 7.15. The summed E-state index contributed by atoms with van der Waals surface area (Å²) < 4.78 is 5.65. The summed E-state index contributed by atoms with van der Waals surface area (Å²) >= 11 is 0. The van der Waals surface area contributed by atoms with Gasteiger partial charge >= 0.3 is 6.03 Å². The number of amides is 4. The van der Waals surface area contributed by atoms with E-state index in [0.29, 0.717) is 13.2 Å². The molecule has 2 N–H and O–H groups in total. The molecule has 4 amide bonds. The average molecular weight is 345 g/mol. The number of aryl methyl sites for hydroxylation is 1. The van der Waals surface area contributed by atoms with E-state index in [1.54, 1.807) is 13.8 Å². The Morgan fingerprint density at radius 1 is 1.20 bits per heavy atom. The molecule has 2 unspecified atom stereocenters. The third kappa shape index (κ3) is 2.73. The molecule has 7 nitrogen and oxygen atoms in total. The number of benzene rings is 1. The highest BCUT2D eigenvalue weighted by Gasteiger charge is 2.66. The Labute approximate surface area is 146 Å². The van der Waals surface area contributed by atoms with Crippen molar-refractivity contribution >= 4 is 17.8 Å². The van der Waals surface area contributed by atoms with Gasteiger partial charge in [-0.1, -0.05) is 18.2 Å². The normalized spacial score (nSPS) is 27.9. The van der Waals surface area contributed by atoms with E-state index in [4.69, 9.17) is 4.74 Å². The van der Waals surface area contributed by atoms with Gasteiger partial charge in [0.1, 0.15) is 12.4 Å². The van der Waals surface area contributed by atoms with Crippen molar-refractivity contribution in [2.24, 2.45) is 10.8 Å². The number of urea groups is 1. The van der Waals surface area contributed by atoms with Crippen LogP contribution >= 0.6 is 0 Å². The standard InChI is InChI=1S/C18H23N3O4/c1-12-6-4-5-7-13(12)25-9-8-19-16(24)21-10-17(2)14(22)20-15(23)18(17,3)11-21/h4-7H,8-11H2,1-3H3,(H,19,24)(H,20,22,23). The SMILES string of the molecule is Cc1ccccc1OCCNC(=O)N1CC2(C)C(=O)NC(=O)C2(C)C1. The van der Waals surface area contributed by atoms with Crippen LogP contribution < -0.4 is 15.4 Å². The van der Waals surface area contributed by atoms with Gasteiger partial charge in [-0.3, -0.25) is 14.9 Å². The molecule has 0 spiro atoms. The highest BCUT2D eigenvalue weighted by molar-refractivity contribution is 6.10. The Bertz CT molecular complexity index is 707. The van der Waals surface area contributed by atoms with Gasteiger partial charge in [0.2, 0.25) is 11.8 Å². The highest BCUT2D eigenvalue weighted by atomic mass is 16.5. The van der Waals surface area contributed by atoms with E-state index in [-0.39, 0.29) is 30.9 Å². The largest absolute Gasteiger partial charge is 0.491 e. The molecular weight excluding hydrogens is 322 g/mol. The van der Waals surface area contributed by atoms with Crippen molar-refractivity contribution in [3.63, 3.8) is 0 Å². The monoisotopic (exact) mass is 345 g/mol. The zero-order chi connectivity index (χ0) is 18.2. The topological polar surface area (TPSA) is 87.7 Å². The van der Waals surface area contributed by atoms with Crippen LogP contribution in [-0.2, 0) is 9.59 Å². The first-order valence-electron chi connectivity index (χ1n) is 8.35. The molecule has 2 aliphatic rings. The number of carbonyl (C=O) groups is 3. The van der Waals surface area contributed by atoms with Crippen LogP contribution in [0.3, 0.4) is 0 Å². The van der Waals surface area contributed by atoms with Gasteiger partial charge in [0.05, 0.1) is 17.4 Å². The number of hydrogen-bond acceptors (Lipinski definition) is 4. The quantitative estimate of drug-likeness (QED) is 0.631. The van der Waals surface area contributed by atoms with Gasteiger partial charge in [-0.25, -0.2) is 4.79 Å². The van der Waals surface area contributed by atoms with Gasteiger partial charge in [0.15, 0.2) is 0 Å². The maximum atomic E-state index is 12.4. The zero-order valence-electron chi connectivity index (χ0n) is 14.7. The maximum absolute atomic E-state index is 12.4. The van der Waals surface area contributed by atoms with Crippen molar-refractivity contribution in [1.29, 1.82) is 0 Å². The lowest BCUT2D eigenvalue weighted by molar-refractivity contribution is -0.128. The number of rotatable bonds is 4. The van der Waals surface area contributed by atoms with E-state index < -0.39 is 10.8 Å². The molecule has 134 valence electrons. The predicted octanol–water partition coefficient (Wildman–Crippen LogP) is 1.07. The van der Waals surface area contributed by atoms with Crippen molar-refractivity contribution in [3.8, 4) is 5.75 Å². The average Bonchev–Trinajstić information content (AvgIpc) is 2.94. The molecule has 2 saturated heterocycles. The first kappa shape index (κ1) is 17.3. The summed E-state index contributed by atoms with van der Waals surface area (Å²) in [5.41, 5.74) is -0.718. The number of nitrogens with zero attached hydrogens (tertiary/aromatic N) is 1. The van der Waals surface area contributed by atoms with E-state index in [1.807, 2.05) is 31.2 Å². The van der Waals surface area contributed by atoms with Crippen LogP contribution in [0.25, 0.3) is 0 Å². The predicted molar refractivity (Wildman–Crippen MR) is 91.0 cm³/mol. The Hall–Kier alpha value is -2.57. The van der Waals surface area contributed by atoms with Crippen molar-refractivity contribution in [2.75, 3.05) is 26.2 Å². The molecule has 25 heavy (non-hydrogen) atoms. The van der Waals surface area contributed by atoms with Crippen molar-refractivity contribution < 1.29 is 19.1 Å². The minimum Gasteiger partial charge on any atom is -0.491 e. The summed E-state index contributed by atoms with van der Waals surface area (Å²) in [6.45, 7) is 6.58. The minimum atomic E-state index is -0.876. The molecule has 2 atom stereocenters. The highest BCUT2D eigenvalue weighted by Crippen LogP contribution is 2.49. The number of carbonyl (C=O) groups excluding carboxylic acids is 3. The third-order valence-corrected chi connectivity index (χ3v) is 5.48. The molecule has 2 aliphatic heterocycles. The van der Waals surface area contributed by atoms with E-state index >= 15 is 0 Å². The number of imide groups is 1. The third-order valence-electron chi connectivity index (χ3n) is 5.48. The molecule has 3 rings (SSSR count). The second kappa shape index (κ2) is 6.06. The molecule has 0 saturated carbocycles. The van der Waals surface area contributed by atoms with Crippen LogP contribution in [0.2, 0.25) is 0 Å². The van der Waals surface area contributed by atoms with Crippen LogP contribution in [-0.4, -0.2) is 49.0 Å². The Balaban J connectivity index is 1.53. The number of para-hydroxylation sites is 1. The maximum Gasteiger partial charge on any atom is 0.317 e. The van der Waals surface area contributed by atoms with Crippen LogP contribution in [0.4, 0.5) is 4.79 Å². The lowest BCUT2D eigenvalue weighted by Crippen LogP contribution is -2.44. The van der Waals surface area contributed by atoms with E-state index in [0.717, 1.165) is 11.3 Å². The Morgan fingerprint density at radius 3 is 2.40 bits per heavy atom. The number of fused-ring (bicyclic) bond motifs is 1. The van der Waals surface area contributed by atoms with Gasteiger partial charge in [0, 0.05) is 13.1 Å². The molecule has 2 fully saturated rings. The summed E-state index contributed by atoms with van der Waals surface area (Å²) in [7, 11) is 0. The van der Waals surface area contributed by atoms with Crippen LogP contribution in [0.1, 0.15) is 19.4 Å². The number of hydrogen-bond donors (Lipinski definition) is 2. The summed E-state index contributed by atoms with van der Waals surface area (Å²) in [6.07, 6.45) is 0. The molecule has 0 aliphatic carbocycles. The molecule has 2 heterocycles. The minimum absolute atomic E-state index is 0.228. The van der Waals surface area contributed by atoms with Crippen LogP contribution in [0.15, 0.2) is 24.3 Å². The van der Waals surface area contributed by atoms with E-state index in [9.17, 15) is 14.4 Å². The lowest BCUT2D eigenvalue weighted by atomic mass is 9.70. The fourth-order valence-electron chi connectivity index (χ4n) is 3.48. The number of likely N-dealkylation sites (tertiary alicyclic amines) is 1. The lowest BCUT2D eigenvalue weighted by Gasteiger charge is -2.25. The molecular formula is C18H23N3O4. The Morgan fingerprint density at radius 2 is 1.80 bits per heavy atom. The van der Waals surface area contributed by atoms with Gasteiger partial charge < -0.3 is 15.0 Å². The van der Waals surface area contributed by atoms with Gasteiger partial charge in [0.25, 0.3) is 0 Å².